The van der Waals surface area contributed by atoms with E-state index < -0.39 is 11.7 Å². The molecule has 0 fully saturated rings. The van der Waals surface area contributed by atoms with Gasteiger partial charge in [-0.3, -0.25) is 4.90 Å². The lowest BCUT2D eigenvalue weighted by atomic mass is 10.0. The van der Waals surface area contributed by atoms with Crippen LogP contribution in [0.1, 0.15) is 5.56 Å². The third-order valence-electron chi connectivity index (χ3n) is 3.36. The Kier molecular flexibility index (Phi) is 3.49. The Bertz CT molecular complexity index is 618. The molecule has 0 spiro atoms. The largest absolute Gasteiger partial charge is 0.497 e. The number of ether oxygens (including phenoxy) is 1. The van der Waals surface area contributed by atoms with Crippen molar-refractivity contribution in [3.8, 4) is 5.75 Å². The second kappa shape index (κ2) is 4.72. The lowest BCUT2D eigenvalue weighted by molar-refractivity contribution is -0.413. The summed E-state index contributed by atoms with van der Waals surface area (Å²) in [5, 5.41) is 40.6. The van der Waals surface area contributed by atoms with Gasteiger partial charge in [0.2, 0.25) is 0 Å². The summed E-state index contributed by atoms with van der Waals surface area (Å²) < 4.78 is 5.08. The smallest absolute Gasteiger partial charge is 0.286 e. The monoisotopic (exact) mass is 282 g/mol. The molecule has 0 aliphatic rings. The number of rotatable bonds is 4. The number of H-pyrrole nitrogens is 1. The van der Waals surface area contributed by atoms with Gasteiger partial charge in [0.1, 0.15) is 5.75 Å². The molecule has 1 aromatic heterocycles. The summed E-state index contributed by atoms with van der Waals surface area (Å²) in [4.78, 5) is 3.74. The molecule has 0 atom stereocenters. The number of methoxy groups -OCH3 is 1. The molecule has 20 heavy (non-hydrogen) atoms. The van der Waals surface area contributed by atoms with Crippen LogP contribution in [-0.2, 0) is 5.79 Å². The van der Waals surface area contributed by atoms with E-state index >= 15 is 0 Å². The molecule has 0 unspecified atom stereocenters. The van der Waals surface area contributed by atoms with Gasteiger partial charge in [0.25, 0.3) is 11.7 Å². The van der Waals surface area contributed by atoms with Crippen LogP contribution in [0.3, 0.4) is 0 Å². The third kappa shape index (κ3) is 2.05. The van der Waals surface area contributed by atoms with Crippen molar-refractivity contribution in [1.82, 2.24) is 9.88 Å². The highest BCUT2D eigenvalue weighted by Crippen LogP contribution is 2.36. The molecular formula is C13H18N2O5. The Labute approximate surface area is 115 Å². The maximum atomic E-state index is 10.2. The number of aliphatic hydroxyl groups is 4. The van der Waals surface area contributed by atoms with Crippen LogP contribution in [0.4, 0.5) is 0 Å². The van der Waals surface area contributed by atoms with Crippen LogP contribution < -0.4 is 4.74 Å². The van der Waals surface area contributed by atoms with E-state index in [-0.39, 0.29) is 5.56 Å². The zero-order valence-electron chi connectivity index (χ0n) is 11.5. The van der Waals surface area contributed by atoms with Gasteiger partial charge in [0.05, 0.1) is 7.11 Å². The normalized spacial score (nSPS) is 13.2. The first-order chi connectivity index (χ1) is 9.21. The van der Waals surface area contributed by atoms with E-state index in [2.05, 4.69) is 4.98 Å². The maximum Gasteiger partial charge on any atom is 0.286 e. The minimum atomic E-state index is -2.89. The maximum absolute atomic E-state index is 10.2. The van der Waals surface area contributed by atoms with Gasteiger partial charge in [-0.1, -0.05) is 0 Å². The molecule has 2 aromatic rings. The van der Waals surface area contributed by atoms with Crippen molar-refractivity contribution in [2.24, 2.45) is 0 Å². The van der Waals surface area contributed by atoms with Gasteiger partial charge in [-0.05, 0) is 32.3 Å². The molecule has 7 heteroatoms. The van der Waals surface area contributed by atoms with E-state index in [1.165, 1.54) is 27.4 Å². The molecule has 110 valence electrons. The van der Waals surface area contributed by atoms with E-state index in [9.17, 15) is 20.4 Å². The quantitative estimate of drug-likeness (QED) is 0.484. The Morgan fingerprint density at radius 3 is 2.35 bits per heavy atom. The van der Waals surface area contributed by atoms with Crippen molar-refractivity contribution in [2.45, 2.75) is 11.7 Å². The Hall–Kier alpha value is -1.64. The fourth-order valence-electron chi connectivity index (χ4n) is 2.01. The molecule has 0 saturated carbocycles. The third-order valence-corrected chi connectivity index (χ3v) is 3.36. The average Bonchev–Trinajstić information content (AvgIpc) is 2.81. The highest BCUT2D eigenvalue weighted by molar-refractivity contribution is 5.85. The van der Waals surface area contributed by atoms with Crippen LogP contribution in [0.2, 0.25) is 0 Å². The second-order valence-electron chi connectivity index (χ2n) is 4.82. The standard InChI is InChI=1S/C13H18N2O5/c1-15(2)13(18,19)12(16,17)10-7-14-11-5-4-8(20-3)6-9(10)11/h4-7,14,16-19H,1-3H3. The van der Waals surface area contributed by atoms with Crippen molar-refractivity contribution >= 4 is 10.9 Å². The first-order valence-corrected chi connectivity index (χ1v) is 5.94. The van der Waals surface area contributed by atoms with Gasteiger partial charge >= 0.3 is 0 Å². The summed E-state index contributed by atoms with van der Waals surface area (Å²) >= 11 is 0. The molecule has 7 nitrogen and oxygen atoms in total. The molecule has 2 rings (SSSR count). The minimum absolute atomic E-state index is 0.0647. The molecule has 1 heterocycles. The van der Waals surface area contributed by atoms with Gasteiger partial charge in [0.15, 0.2) is 0 Å². The van der Waals surface area contributed by atoms with Crippen molar-refractivity contribution in [3.63, 3.8) is 0 Å². The molecule has 0 saturated heterocycles. The van der Waals surface area contributed by atoms with Gasteiger partial charge in [-0.25, -0.2) is 0 Å². The van der Waals surface area contributed by atoms with E-state index in [1.54, 1.807) is 18.2 Å². The number of aromatic nitrogens is 1. The Morgan fingerprint density at radius 2 is 1.80 bits per heavy atom. The number of hydrogen-bond acceptors (Lipinski definition) is 6. The van der Waals surface area contributed by atoms with E-state index in [4.69, 9.17) is 4.74 Å². The number of nitrogens with one attached hydrogen (secondary N) is 1. The Balaban J connectivity index is 2.62. The van der Waals surface area contributed by atoms with Crippen LogP contribution in [0, 0.1) is 0 Å². The van der Waals surface area contributed by atoms with Crippen LogP contribution in [0.15, 0.2) is 24.4 Å². The lowest BCUT2D eigenvalue weighted by Crippen LogP contribution is -2.60. The molecule has 1 aromatic carbocycles. The molecule has 5 N–H and O–H groups in total. The number of fused-ring (bicyclic) bond motifs is 1. The molecule has 0 aliphatic carbocycles. The fourth-order valence-corrected chi connectivity index (χ4v) is 2.01. The van der Waals surface area contributed by atoms with Crippen LogP contribution in [-0.4, -0.2) is 57.4 Å². The summed E-state index contributed by atoms with van der Waals surface area (Å²) in [6, 6.07) is 4.98. The SMILES string of the molecule is COc1ccc2[nH]cc(C(O)(O)C(O)(O)N(C)C)c2c1. The van der Waals surface area contributed by atoms with Crippen LogP contribution in [0.25, 0.3) is 10.9 Å². The van der Waals surface area contributed by atoms with Crippen molar-refractivity contribution in [1.29, 1.82) is 0 Å². The van der Waals surface area contributed by atoms with Gasteiger partial charge in [-0.15, -0.1) is 0 Å². The summed E-state index contributed by atoms with van der Waals surface area (Å²) in [6.45, 7) is 0. The summed E-state index contributed by atoms with van der Waals surface area (Å²) in [7, 11) is 4.12. The highest BCUT2D eigenvalue weighted by Gasteiger charge is 2.52. The molecule has 0 radical (unpaired) electrons. The van der Waals surface area contributed by atoms with Gasteiger partial charge < -0.3 is 30.1 Å². The highest BCUT2D eigenvalue weighted by atomic mass is 16.6. The van der Waals surface area contributed by atoms with Gasteiger partial charge in [0, 0.05) is 22.7 Å². The summed E-state index contributed by atoms with van der Waals surface area (Å²) in [5.74, 6) is -5.23. The number of nitrogens with zero attached hydrogens (tertiary/aromatic N) is 1. The minimum Gasteiger partial charge on any atom is -0.497 e. The zero-order valence-corrected chi connectivity index (χ0v) is 11.5. The molecule has 0 aliphatic heterocycles. The second-order valence-corrected chi connectivity index (χ2v) is 4.82. The number of likely N-dealkylation sites (N-methyl/N-ethyl adjacent to an activating group) is 1. The average molecular weight is 282 g/mol. The number of benzene rings is 1. The van der Waals surface area contributed by atoms with Crippen LogP contribution in [0.5, 0.6) is 5.75 Å². The number of aromatic amines is 1. The predicted octanol–water partition coefficient (Wildman–Crippen LogP) is -0.486. The first kappa shape index (κ1) is 14.8. The van der Waals surface area contributed by atoms with E-state index in [0.29, 0.717) is 16.7 Å². The summed E-state index contributed by atoms with van der Waals surface area (Å²) in [5.41, 5.74) is 0.549. The van der Waals surface area contributed by atoms with Crippen molar-refractivity contribution in [3.05, 3.63) is 30.0 Å². The van der Waals surface area contributed by atoms with Crippen molar-refractivity contribution < 1.29 is 25.2 Å². The fraction of sp³-hybridized carbons (Fsp3) is 0.385. The topological polar surface area (TPSA) is 109 Å². The predicted molar refractivity (Wildman–Crippen MR) is 71.8 cm³/mol. The van der Waals surface area contributed by atoms with E-state index in [0.717, 1.165) is 4.90 Å². The lowest BCUT2D eigenvalue weighted by Gasteiger charge is -2.38. The summed E-state index contributed by atoms with van der Waals surface area (Å²) in [6.07, 6.45) is 1.31. The molecule has 0 bridgehead atoms. The zero-order chi connectivity index (χ0) is 15.1. The first-order valence-electron chi connectivity index (χ1n) is 5.94. The number of hydrogen-bond donors (Lipinski definition) is 5. The van der Waals surface area contributed by atoms with Gasteiger partial charge in [-0.2, -0.15) is 0 Å². The van der Waals surface area contributed by atoms with E-state index in [1.807, 2.05) is 0 Å². The molecular weight excluding hydrogens is 264 g/mol. The van der Waals surface area contributed by atoms with Crippen LogP contribution >= 0.6 is 0 Å². The van der Waals surface area contributed by atoms with Crippen molar-refractivity contribution in [2.75, 3.05) is 21.2 Å². The molecule has 0 amide bonds. The Morgan fingerprint density at radius 1 is 1.15 bits per heavy atom.